The van der Waals surface area contributed by atoms with Gasteiger partial charge >= 0.3 is 0 Å². The molecule has 0 atom stereocenters. The first-order valence-corrected chi connectivity index (χ1v) is 5.46. The van der Waals surface area contributed by atoms with Crippen LogP contribution >= 0.6 is 12.6 Å². The van der Waals surface area contributed by atoms with Crippen molar-refractivity contribution in [2.24, 2.45) is 0 Å². The second kappa shape index (κ2) is 5.65. The number of hydrogen-bond acceptors (Lipinski definition) is 2. The van der Waals surface area contributed by atoms with Gasteiger partial charge in [-0.05, 0) is 25.9 Å². The summed E-state index contributed by atoms with van der Waals surface area (Å²) in [6.07, 6.45) is 5.54. The van der Waals surface area contributed by atoms with E-state index >= 15 is 0 Å². The summed E-state index contributed by atoms with van der Waals surface area (Å²) in [6.45, 7) is 7.55. The maximum absolute atomic E-state index is 4.22. The first-order valence-electron chi connectivity index (χ1n) is 4.83. The fourth-order valence-electron chi connectivity index (χ4n) is 1.66. The van der Waals surface area contributed by atoms with E-state index in [0.717, 1.165) is 12.3 Å². The summed E-state index contributed by atoms with van der Waals surface area (Å²) in [4.78, 5) is 2.51. The van der Waals surface area contributed by atoms with Crippen molar-refractivity contribution in [1.29, 1.82) is 0 Å². The molecule has 0 aromatic rings. The predicted octanol–water partition coefficient (Wildman–Crippen LogP) is 2.35. The lowest BCUT2D eigenvalue weighted by Crippen LogP contribution is -2.26. The van der Waals surface area contributed by atoms with Crippen LogP contribution in [0.25, 0.3) is 0 Å². The molecule has 0 aromatic heterocycles. The minimum absolute atomic E-state index is 0.830. The highest BCUT2D eigenvalue weighted by Crippen LogP contribution is 2.10. The largest absolute Gasteiger partial charge is 0.299 e. The van der Waals surface area contributed by atoms with Crippen molar-refractivity contribution in [3.05, 3.63) is 12.2 Å². The molecule has 1 aliphatic rings. The Labute approximate surface area is 81.2 Å². The van der Waals surface area contributed by atoms with Crippen LogP contribution in [0.3, 0.4) is 0 Å². The van der Waals surface area contributed by atoms with Gasteiger partial charge in [-0.2, -0.15) is 12.6 Å². The SMILES string of the molecule is C=C(CS)CN1CCCCCC1. The number of hydrogen-bond donors (Lipinski definition) is 1. The molecule has 0 N–H and O–H groups in total. The van der Waals surface area contributed by atoms with Crippen molar-refractivity contribution < 1.29 is 0 Å². The standard InChI is InChI=1S/C10H19NS/c1-10(9-12)8-11-6-4-2-3-5-7-11/h12H,1-9H2. The Bertz CT molecular complexity index is 137. The van der Waals surface area contributed by atoms with Gasteiger partial charge in [-0.15, -0.1) is 0 Å². The van der Waals surface area contributed by atoms with Crippen LogP contribution in [0, 0.1) is 0 Å². The van der Waals surface area contributed by atoms with Crippen molar-refractivity contribution in [3.8, 4) is 0 Å². The van der Waals surface area contributed by atoms with E-state index in [2.05, 4.69) is 24.1 Å². The van der Waals surface area contributed by atoms with Crippen molar-refractivity contribution in [3.63, 3.8) is 0 Å². The van der Waals surface area contributed by atoms with E-state index < -0.39 is 0 Å². The molecule has 0 bridgehead atoms. The molecule has 0 spiro atoms. The van der Waals surface area contributed by atoms with Crippen LogP contribution in [-0.2, 0) is 0 Å². The molecule has 12 heavy (non-hydrogen) atoms. The predicted molar refractivity (Wildman–Crippen MR) is 57.9 cm³/mol. The zero-order valence-electron chi connectivity index (χ0n) is 7.76. The summed E-state index contributed by atoms with van der Waals surface area (Å²) >= 11 is 4.22. The molecule has 70 valence electrons. The summed E-state index contributed by atoms with van der Waals surface area (Å²) in [7, 11) is 0. The third-order valence-electron chi connectivity index (χ3n) is 2.37. The molecule has 0 aromatic carbocycles. The Balaban J connectivity index is 2.24. The molecule has 0 aliphatic carbocycles. The molecule has 0 saturated carbocycles. The fraction of sp³-hybridized carbons (Fsp3) is 0.800. The van der Waals surface area contributed by atoms with Crippen LogP contribution in [-0.4, -0.2) is 30.3 Å². The van der Waals surface area contributed by atoms with Gasteiger partial charge in [0.05, 0.1) is 0 Å². The zero-order chi connectivity index (χ0) is 8.81. The fourth-order valence-corrected chi connectivity index (χ4v) is 1.76. The summed E-state index contributed by atoms with van der Waals surface area (Å²) in [5, 5.41) is 0. The van der Waals surface area contributed by atoms with Gasteiger partial charge in [0.1, 0.15) is 0 Å². The van der Waals surface area contributed by atoms with Crippen molar-refractivity contribution in [2.75, 3.05) is 25.4 Å². The lowest BCUT2D eigenvalue weighted by Gasteiger charge is -2.20. The highest BCUT2D eigenvalue weighted by atomic mass is 32.1. The topological polar surface area (TPSA) is 3.24 Å². The van der Waals surface area contributed by atoms with Crippen LogP contribution in [0.1, 0.15) is 25.7 Å². The van der Waals surface area contributed by atoms with Gasteiger partial charge in [-0.1, -0.05) is 25.0 Å². The number of thiol groups is 1. The Morgan fingerprint density at radius 2 is 1.75 bits per heavy atom. The smallest absolute Gasteiger partial charge is 0.0198 e. The average molecular weight is 185 g/mol. The van der Waals surface area contributed by atoms with Crippen LogP contribution in [0.2, 0.25) is 0 Å². The van der Waals surface area contributed by atoms with Gasteiger partial charge in [0, 0.05) is 12.3 Å². The van der Waals surface area contributed by atoms with Crippen LogP contribution < -0.4 is 0 Å². The quantitative estimate of drug-likeness (QED) is 0.522. The Kier molecular flexibility index (Phi) is 4.77. The minimum Gasteiger partial charge on any atom is -0.299 e. The van der Waals surface area contributed by atoms with E-state index in [4.69, 9.17) is 0 Å². The lowest BCUT2D eigenvalue weighted by atomic mass is 10.2. The molecular formula is C10H19NS. The van der Waals surface area contributed by atoms with Crippen molar-refractivity contribution in [2.45, 2.75) is 25.7 Å². The summed E-state index contributed by atoms with van der Waals surface area (Å²) in [5.41, 5.74) is 1.25. The van der Waals surface area contributed by atoms with Crippen LogP contribution in [0.4, 0.5) is 0 Å². The third kappa shape index (κ3) is 3.63. The molecule has 2 heteroatoms. The summed E-state index contributed by atoms with van der Waals surface area (Å²) in [5.74, 6) is 0.830. The van der Waals surface area contributed by atoms with E-state index in [-0.39, 0.29) is 0 Å². The van der Waals surface area contributed by atoms with Crippen molar-refractivity contribution >= 4 is 12.6 Å². The first-order chi connectivity index (χ1) is 5.83. The van der Waals surface area contributed by atoms with E-state index in [1.165, 1.54) is 44.3 Å². The Morgan fingerprint density at radius 3 is 2.25 bits per heavy atom. The van der Waals surface area contributed by atoms with E-state index in [0.29, 0.717) is 0 Å². The monoisotopic (exact) mass is 185 g/mol. The highest BCUT2D eigenvalue weighted by Gasteiger charge is 2.08. The van der Waals surface area contributed by atoms with Gasteiger partial charge in [-0.25, -0.2) is 0 Å². The molecule has 0 radical (unpaired) electrons. The second-order valence-electron chi connectivity index (χ2n) is 3.60. The zero-order valence-corrected chi connectivity index (χ0v) is 8.65. The van der Waals surface area contributed by atoms with Crippen LogP contribution in [0.5, 0.6) is 0 Å². The molecule has 1 saturated heterocycles. The molecular weight excluding hydrogens is 166 g/mol. The molecule has 1 heterocycles. The highest BCUT2D eigenvalue weighted by molar-refractivity contribution is 7.80. The molecule has 1 fully saturated rings. The molecule has 1 aliphatic heterocycles. The Hall–Kier alpha value is 0.0500. The lowest BCUT2D eigenvalue weighted by molar-refractivity contribution is 0.310. The van der Waals surface area contributed by atoms with Crippen molar-refractivity contribution in [1.82, 2.24) is 4.90 Å². The van der Waals surface area contributed by atoms with E-state index in [1.54, 1.807) is 0 Å². The molecule has 1 rings (SSSR count). The normalized spacial score (nSPS) is 20.4. The number of rotatable bonds is 3. The summed E-state index contributed by atoms with van der Waals surface area (Å²) in [6, 6.07) is 0. The average Bonchev–Trinajstić information content (AvgIpc) is 2.33. The number of likely N-dealkylation sites (tertiary alicyclic amines) is 1. The van der Waals surface area contributed by atoms with E-state index in [9.17, 15) is 0 Å². The Morgan fingerprint density at radius 1 is 1.17 bits per heavy atom. The first kappa shape index (κ1) is 10.1. The summed E-state index contributed by atoms with van der Waals surface area (Å²) < 4.78 is 0. The maximum Gasteiger partial charge on any atom is 0.0198 e. The molecule has 1 nitrogen and oxygen atoms in total. The minimum atomic E-state index is 0.830. The van der Waals surface area contributed by atoms with Gasteiger partial charge in [-0.3, -0.25) is 4.90 Å². The van der Waals surface area contributed by atoms with Crippen LogP contribution in [0.15, 0.2) is 12.2 Å². The third-order valence-corrected chi connectivity index (χ3v) is 2.82. The van der Waals surface area contributed by atoms with Gasteiger partial charge in [0.2, 0.25) is 0 Å². The van der Waals surface area contributed by atoms with Gasteiger partial charge in [0.25, 0.3) is 0 Å². The van der Waals surface area contributed by atoms with Gasteiger partial charge in [0.15, 0.2) is 0 Å². The number of nitrogens with zero attached hydrogens (tertiary/aromatic N) is 1. The maximum atomic E-state index is 4.22. The molecule has 0 amide bonds. The van der Waals surface area contributed by atoms with Gasteiger partial charge < -0.3 is 0 Å². The second-order valence-corrected chi connectivity index (χ2v) is 3.91. The molecule has 0 unspecified atom stereocenters. The van der Waals surface area contributed by atoms with E-state index in [1.807, 2.05) is 0 Å².